The first-order valence-electron chi connectivity index (χ1n) is 21.2. The number of pyridine rings is 3. The van der Waals surface area contributed by atoms with E-state index in [1.807, 2.05) is 193 Å². The summed E-state index contributed by atoms with van der Waals surface area (Å²) in [5.74, 6) is 3.25. The SMILES string of the molecule is CC(=O)c1cccc(C2(c3ccccn3)c3ccccc3Oc3ccccc32)c1.O=C(C[n+]1ccccc1)c1cccc(C2(c3ccccn3)c3ccccc3Oc3ccccc32)c1.[I-]. The standard InChI is InChI=1S/C31H23N2O2.C26H19NO2.HI/c34-27(22-33-19-8-1-9-20-33)23-11-10-12-24(21-23)31(30-17-6-7-18-32-30)25-13-2-4-15-28(25)35-29-16-5-3-14-26(29)31;1-18(28)19-9-8-10-20(17-19)26(25-15-6-7-16-27-25)21-11-2-4-13-23(21)29-24-14-5-3-12-22(24)26;/h1-21H,22H2;2-17H,1H3;1H/q+1;;/p-1. The van der Waals surface area contributed by atoms with Crippen molar-refractivity contribution in [2.75, 3.05) is 0 Å². The van der Waals surface area contributed by atoms with Crippen LogP contribution in [0.25, 0.3) is 0 Å². The Morgan fingerprint density at radius 3 is 1.28 bits per heavy atom. The molecule has 0 aliphatic carbocycles. The number of aromatic nitrogens is 3. The van der Waals surface area contributed by atoms with Crippen molar-refractivity contribution in [3.05, 3.63) is 281 Å². The number of carbonyl (C=O) groups excluding carboxylic acids is 2. The van der Waals surface area contributed by atoms with E-state index in [2.05, 4.69) is 36.4 Å². The van der Waals surface area contributed by atoms with Gasteiger partial charge in [0.25, 0.3) is 0 Å². The van der Waals surface area contributed by atoms with Gasteiger partial charge < -0.3 is 33.5 Å². The van der Waals surface area contributed by atoms with Gasteiger partial charge >= 0.3 is 0 Å². The quantitative estimate of drug-likeness (QED) is 0.0864. The van der Waals surface area contributed by atoms with E-state index in [0.717, 1.165) is 67.8 Å². The Hall–Kier alpha value is -7.56. The summed E-state index contributed by atoms with van der Waals surface area (Å²) < 4.78 is 14.5. The zero-order chi connectivity index (χ0) is 43.5. The molecular weight excluding hydrogens is 918 g/mol. The molecule has 7 nitrogen and oxygen atoms in total. The Kier molecular flexibility index (Phi) is 12.0. The number of carbonyl (C=O) groups is 2. The van der Waals surface area contributed by atoms with Crippen molar-refractivity contribution in [2.45, 2.75) is 24.3 Å². The Balaban J connectivity index is 0.000000164. The molecule has 6 aromatic carbocycles. The highest BCUT2D eigenvalue weighted by Gasteiger charge is 2.48. The van der Waals surface area contributed by atoms with Crippen molar-refractivity contribution in [3.8, 4) is 23.0 Å². The van der Waals surface area contributed by atoms with Gasteiger partial charge in [0, 0.05) is 57.9 Å². The van der Waals surface area contributed by atoms with E-state index in [1.54, 1.807) is 6.92 Å². The number of fused-ring (bicyclic) bond motifs is 4. The highest BCUT2D eigenvalue weighted by Crippen LogP contribution is 2.56. The number of nitrogens with zero attached hydrogens (tertiary/aromatic N) is 3. The summed E-state index contributed by atoms with van der Waals surface area (Å²) in [4.78, 5) is 35.1. The van der Waals surface area contributed by atoms with Gasteiger partial charge in [0.15, 0.2) is 18.2 Å². The lowest BCUT2D eigenvalue weighted by Crippen LogP contribution is -3.00. The van der Waals surface area contributed by atoms with E-state index >= 15 is 0 Å². The van der Waals surface area contributed by atoms with Crippen molar-refractivity contribution in [2.24, 2.45) is 0 Å². The fourth-order valence-corrected chi connectivity index (χ4v) is 9.32. The Bertz CT molecular complexity index is 3070. The molecule has 11 rings (SSSR count). The summed E-state index contributed by atoms with van der Waals surface area (Å²) >= 11 is 0. The van der Waals surface area contributed by atoms with Crippen LogP contribution in [0.15, 0.2) is 225 Å². The molecule has 2 aliphatic heterocycles. The van der Waals surface area contributed by atoms with Crippen LogP contribution in [0, 0.1) is 0 Å². The molecule has 0 atom stereocenters. The molecule has 0 radical (unpaired) electrons. The third-order valence-electron chi connectivity index (χ3n) is 12.1. The van der Waals surface area contributed by atoms with Crippen molar-refractivity contribution < 1.29 is 47.6 Å². The van der Waals surface area contributed by atoms with Gasteiger partial charge in [-0.15, -0.1) is 0 Å². The molecule has 0 amide bonds. The van der Waals surface area contributed by atoms with Gasteiger partial charge in [0.05, 0.1) is 22.2 Å². The first-order valence-corrected chi connectivity index (χ1v) is 21.2. The predicted molar refractivity (Wildman–Crippen MR) is 246 cm³/mol. The zero-order valence-corrected chi connectivity index (χ0v) is 37.6. The lowest BCUT2D eigenvalue weighted by atomic mass is 9.65. The highest BCUT2D eigenvalue weighted by molar-refractivity contribution is 5.95. The van der Waals surface area contributed by atoms with Crippen LogP contribution < -0.4 is 38.0 Å². The smallest absolute Gasteiger partial charge is 0.227 e. The highest BCUT2D eigenvalue weighted by atomic mass is 127. The minimum atomic E-state index is -0.733. The van der Waals surface area contributed by atoms with Gasteiger partial charge in [-0.2, -0.15) is 4.57 Å². The molecule has 3 aromatic heterocycles. The summed E-state index contributed by atoms with van der Waals surface area (Å²) in [5, 5.41) is 0. The van der Waals surface area contributed by atoms with Gasteiger partial charge in [-0.1, -0.05) is 127 Å². The van der Waals surface area contributed by atoms with Crippen LogP contribution in [0.5, 0.6) is 23.0 Å². The molecule has 0 unspecified atom stereocenters. The second kappa shape index (κ2) is 18.3. The average Bonchev–Trinajstić information content (AvgIpc) is 3.36. The zero-order valence-electron chi connectivity index (χ0n) is 35.4. The largest absolute Gasteiger partial charge is 1.00 e. The van der Waals surface area contributed by atoms with Crippen LogP contribution >= 0.6 is 0 Å². The van der Waals surface area contributed by atoms with Crippen molar-refractivity contribution in [3.63, 3.8) is 0 Å². The first-order chi connectivity index (χ1) is 31.5. The minimum Gasteiger partial charge on any atom is -1.00 e. The molecule has 0 N–H and O–H groups in total. The third kappa shape index (κ3) is 7.59. The molecule has 9 aromatic rings. The molecule has 0 saturated heterocycles. The van der Waals surface area contributed by atoms with Gasteiger partial charge in [0.2, 0.25) is 12.3 Å². The fraction of sp³-hybridized carbons (Fsp3) is 0.0702. The molecule has 65 heavy (non-hydrogen) atoms. The number of halogens is 1. The number of rotatable bonds is 8. The van der Waals surface area contributed by atoms with Gasteiger partial charge in [-0.25, -0.2) is 0 Å². The normalized spacial score (nSPS) is 13.2. The number of para-hydroxylation sites is 4. The first kappa shape index (κ1) is 42.7. The van der Waals surface area contributed by atoms with Crippen molar-refractivity contribution >= 4 is 11.6 Å². The Morgan fingerprint density at radius 2 is 0.862 bits per heavy atom. The number of hydrogen-bond acceptors (Lipinski definition) is 6. The van der Waals surface area contributed by atoms with Gasteiger partial charge in [-0.05, 0) is 78.7 Å². The summed E-state index contributed by atoms with van der Waals surface area (Å²) in [6, 6.07) is 65.8. The maximum absolute atomic E-state index is 13.3. The summed E-state index contributed by atoms with van der Waals surface area (Å²) in [5.41, 5.74) is 7.69. The van der Waals surface area contributed by atoms with Crippen LogP contribution in [0.1, 0.15) is 72.4 Å². The van der Waals surface area contributed by atoms with Crippen LogP contribution in [0.4, 0.5) is 0 Å². The Labute approximate surface area is 395 Å². The molecular formula is C57H42IN3O4. The number of ether oxygens (including phenoxy) is 2. The van der Waals surface area contributed by atoms with E-state index in [-0.39, 0.29) is 42.1 Å². The monoisotopic (exact) mass is 959 g/mol. The average molecular weight is 960 g/mol. The second-order valence-electron chi connectivity index (χ2n) is 15.8. The minimum absolute atomic E-state index is 0. The van der Waals surface area contributed by atoms with Gasteiger partial charge in [-0.3, -0.25) is 19.6 Å². The lowest BCUT2D eigenvalue weighted by Gasteiger charge is -2.40. The maximum Gasteiger partial charge on any atom is 0.227 e. The molecule has 5 heterocycles. The molecule has 0 bridgehead atoms. The molecule has 8 heteroatoms. The molecule has 0 saturated carbocycles. The number of benzene rings is 6. The predicted octanol–water partition coefficient (Wildman–Crippen LogP) is 8.52. The van der Waals surface area contributed by atoms with E-state index < -0.39 is 10.8 Å². The molecule has 316 valence electrons. The number of hydrogen-bond donors (Lipinski definition) is 0. The lowest BCUT2D eigenvalue weighted by molar-refractivity contribution is -0.683. The van der Waals surface area contributed by atoms with E-state index in [4.69, 9.17) is 19.4 Å². The maximum atomic E-state index is 13.3. The van der Waals surface area contributed by atoms with Crippen LogP contribution in [-0.2, 0) is 17.4 Å². The summed E-state index contributed by atoms with van der Waals surface area (Å²) in [6.07, 6.45) is 7.44. The Morgan fingerprint density at radius 1 is 0.462 bits per heavy atom. The van der Waals surface area contributed by atoms with E-state index in [1.165, 1.54) is 0 Å². The van der Waals surface area contributed by atoms with Gasteiger partial charge in [0.1, 0.15) is 23.0 Å². The van der Waals surface area contributed by atoms with Crippen molar-refractivity contribution in [1.29, 1.82) is 0 Å². The third-order valence-corrected chi connectivity index (χ3v) is 12.1. The van der Waals surface area contributed by atoms with Crippen LogP contribution in [0.3, 0.4) is 0 Å². The molecule has 2 aliphatic rings. The second-order valence-corrected chi connectivity index (χ2v) is 15.8. The van der Waals surface area contributed by atoms with Crippen LogP contribution in [-0.4, -0.2) is 21.5 Å². The van der Waals surface area contributed by atoms with E-state index in [9.17, 15) is 9.59 Å². The number of Topliss-reactive ketones (excluding diaryl/α,β-unsaturated/α-hetero) is 2. The van der Waals surface area contributed by atoms with Crippen molar-refractivity contribution in [1.82, 2.24) is 9.97 Å². The fourth-order valence-electron chi connectivity index (χ4n) is 9.32. The summed E-state index contributed by atoms with van der Waals surface area (Å²) in [7, 11) is 0. The molecule has 0 fully saturated rings. The van der Waals surface area contributed by atoms with E-state index in [0.29, 0.717) is 11.1 Å². The topological polar surface area (TPSA) is 82.3 Å². The van der Waals surface area contributed by atoms with Crippen LogP contribution in [0.2, 0.25) is 0 Å². The number of ketones is 2. The molecule has 0 spiro atoms. The summed E-state index contributed by atoms with van der Waals surface area (Å²) in [6.45, 7) is 1.87.